The molecule has 0 atom stereocenters. The number of carbonyl (C=O) groups is 2. The number of fused-ring (bicyclic) bond motifs is 1. The third-order valence-corrected chi connectivity index (χ3v) is 3.77. The molecule has 0 aliphatic carbocycles. The van der Waals surface area contributed by atoms with Crippen molar-refractivity contribution in [3.63, 3.8) is 0 Å². The minimum Gasteiger partial charge on any atom is -0.435 e. The number of anilines is 1. The molecular weight excluding hydrogens is 370 g/mol. The Hall–Kier alpha value is -3.55. The predicted octanol–water partition coefficient (Wildman–Crippen LogP) is 3.98. The monoisotopic (exact) mass is 386 g/mol. The van der Waals surface area contributed by atoms with E-state index in [-0.39, 0.29) is 16.8 Å². The Balaban J connectivity index is 2.02. The van der Waals surface area contributed by atoms with Crippen molar-refractivity contribution in [3.8, 4) is 0 Å². The third-order valence-electron chi connectivity index (χ3n) is 3.77. The summed E-state index contributed by atoms with van der Waals surface area (Å²) >= 11 is 0. The summed E-state index contributed by atoms with van der Waals surface area (Å²) in [6, 6.07) is 11.3. The van der Waals surface area contributed by atoms with Gasteiger partial charge in [0.2, 0.25) is 0 Å². The Bertz CT molecular complexity index is 1120. The molecule has 144 valence electrons. The van der Waals surface area contributed by atoms with Gasteiger partial charge in [0, 0.05) is 17.1 Å². The van der Waals surface area contributed by atoms with Gasteiger partial charge in [-0.2, -0.15) is 0 Å². The summed E-state index contributed by atoms with van der Waals surface area (Å²) in [7, 11) is 0. The van der Waals surface area contributed by atoms with Gasteiger partial charge in [0.05, 0.1) is 5.92 Å². The fourth-order valence-corrected chi connectivity index (χ4v) is 2.26. The Morgan fingerprint density at radius 2 is 1.82 bits per heavy atom. The summed E-state index contributed by atoms with van der Waals surface area (Å²) in [5, 5.41) is 6.70. The first kappa shape index (κ1) is 19.2. The van der Waals surface area contributed by atoms with Crippen LogP contribution >= 0.6 is 0 Å². The zero-order valence-corrected chi connectivity index (χ0v) is 15.0. The van der Waals surface area contributed by atoms with Crippen LogP contribution in [0.3, 0.4) is 0 Å². The SMILES string of the molecule is CC(C)C(=O)ON=c1oc2ccccc2cc1C(=O)Nc1ccc(F)c(F)c1. The number of halogens is 2. The van der Waals surface area contributed by atoms with Gasteiger partial charge in [-0.15, -0.1) is 0 Å². The van der Waals surface area contributed by atoms with Crippen molar-refractivity contribution in [1.29, 1.82) is 0 Å². The van der Waals surface area contributed by atoms with Crippen LogP contribution in [-0.2, 0) is 9.63 Å². The normalized spacial score (nSPS) is 11.7. The van der Waals surface area contributed by atoms with Crippen molar-refractivity contribution >= 4 is 28.5 Å². The Kier molecular flexibility index (Phi) is 5.49. The second kappa shape index (κ2) is 7.99. The smallest absolute Gasteiger partial charge is 0.337 e. The van der Waals surface area contributed by atoms with Crippen molar-refractivity contribution in [2.24, 2.45) is 11.1 Å². The molecule has 1 aromatic heterocycles. The lowest BCUT2D eigenvalue weighted by molar-refractivity contribution is -0.148. The summed E-state index contributed by atoms with van der Waals surface area (Å²) in [5.74, 6) is -3.86. The number of nitrogens with one attached hydrogen (secondary N) is 1. The van der Waals surface area contributed by atoms with Crippen LogP contribution < -0.4 is 10.9 Å². The third kappa shape index (κ3) is 4.22. The van der Waals surface area contributed by atoms with Gasteiger partial charge in [0.25, 0.3) is 11.5 Å². The maximum atomic E-state index is 13.4. The summed E-state index contributed by atoms with van der Waals surface area (Å²) in [4.78, 5) is 29.2. The molecular formula is C20H16F2N2O4. The number of hydrogen-bond donors (Lipinski definition) is 1. The Morgan fingerprint density at radius 3 is 2.54 bits per heavy atom. The number of nitrogens with zero attached hydrogens (tertiary/aromatic N) is 1. The highest BCUT2D eigenvalue weighted by atomic mass is 19.2. The van der Waals surface area contributed by atoms with Gasteiger partial charge >= 0.3 is 5.97 Å². The van der Waals surface area contributed by atoms with Gasteiger partial charge in [0.15, 0.2) is 11.6 Å². The molecule has 0 bridgehead atoms. The van der Waals surface area contributed by atoms with Crippen molar-refractivity contribution in [2.75, 3.05) is 5.32 Å². The summed E-state index contributed by atoms with van der Waals surface area (Å²) in [6.07, 6.45) is 0. The van der Waals surface area contributed by atoms with E-state index in [1.54, 1.807) is 38.1 Å². The van der Waals surface area contributed by atoms with Crippen molar-refractivity contribution < 1.29 is 27.6 Å². The van der Waals surface area contributed by atoms with Gasteiger partial charge in [-0.05, 0) is 29.4 Å². The van der Waals surface area contributed by atoms with Crippen molar-refractivity contribution in [3.05, 3.63) is 71.3 Å². The molecule has 0 radical (unpaired) electrons. The largest absolute Gasteiger partial charge is 0.435 e. The van der Waals surface area contributed by atoms with E-state index in [9.17, 15) is 18.4 Å². The number of amides is 1. The molecule has 1 N–H and O–H groups in total. The first-order valence-electron chi connectivity index (χ1n) is 8.39. The van der Waals surface area contributed by atoms with E-state index in [2.05, 4.69) is 10.5 Å². The summed E-state index contributed by atoms with van der Waals surface area (Å²) in [6.45, 7) is 3.26. The molecule has 0 saturated carbocycles. The summed E-state index contributed by atoms with van der Waals surface area (Å²) in [5.41, 5.74) is 0.196. The van der Waals surface area contributed by atoms with Crippen molar-refractivity contribution in [2.45, 2.75) is 13.8 Å². The van der Waals surface area contributed by atoms with Gasteiger partial charge in [-0.1, -0.05) is 32.0 Å². The zero-order valence-electron chi connectivity index (χ0n) is 15.0. The highest BCUT2D eigenvalue weighted by molar-refractivity contribution is 6.05. The van der Waals surface area contributed by atoms with Crippen LogP contribution in [0, 0.1) is 17.6 Å². The van der Waals surface area contributed by atoms with Gasteiger partial charge in [0.1, 0.15) is 11.1 Å². The molecule has 0 fully saturated rings. The average molecular weight is 386 g/mol. The predicted molar refractivity (Wildman–Crippen MR) is 97.0 cm³/mol. The van der Waals surface area contributed by atoms with Gasteiger partial charge in [-0.25, -0.2) is 13.6 Å². The van der Waals surface area contributed by atoms with E-state index < -0.39 is 29.4 Å². The van der Waals surface area contributed by atoms with Crippen LogP contribution in [0.4, 0.5) is 14.5 Å². The lowest BCUT2D eigenvalue weighted by atomic mass is 10.1. The quantitative estimate of drug-likeness (QED) is 0.543. The maximum Gasteiger partial charge on any atom is 0.337 e. The van der Waals surface area contributed by atoms with Crippen LogP contribution in [-0.4, -0.2) is 11.9 Å². The minimum atomic E-state index is -1.10. The van der Waals surface area contributed by atoms with Crippen LogP contribution in [0.25, 0.3) is 11.0 Å². The molecule has 28 heavy (non-hydrogen) atoms. The molecule has 0 spiro atoms. The number of hydrogen-bond acceptors (Lipinski definition) is 5. The highest BCUT2D eigenvalue weighted by Gasteiger charge is 2.15. The lowest BCUT2D eigenvalue weighted by Gasteiger charge is -2.07. The molecule has 1 amide bonds. The molecule has 0 aliphatic heterocycles. The number of carbonyl (C=O) groups excluding carboxylic acids is 2. The van der Waals surface area contributed by atoms with E-state index in [0.29, 0.717) is 11.0 Å². The Morgan fingerprint density at radius 1 is 1.07 bits per heavy atom. The van der Waals surface area contributed by atoms with Crippen molar-refractivity contribution in [1.82, 2.24) is 0 Å². The molecule has 0 unspecified atom stereocenters. The zero-order chi connectivity index (χ0) is 20.3. The minimum absolute atomic E-state index is 0.0417. The van der Waals surface area contributed by atoms with E-state index >= 15 is 0 Å². The number of para-hydroxylation sites is 1. The molecule has 2 aromatic carbocycles. The van der Waals surface area contributed by atoms with Crippen LogP contribution in [0.5, 0.6) is 0 Å². The molecule has 3 aromatic rings. The lowest BCUT2D eigenvalue weighted by Crippen LogP contribution is -2.23. The molecule has 6 nitrogen and oxygen atoms in total. The van der Waals surface area contributed by atoms with E-state index in [4.69, 9.17) is 9.25 Å². The van der Waals surface area contributed by atoms with Gasteiger partial charge in [-0.3, -0.25) is 4.79 Å². The average Bonchev–Trinajstić information content (AvgIpc) is 2.68. The van der Waals surface area contributed by atoms with Crippen LogP contribution in [0.1, 0.15) is 24.2 Å². The van der Waals surface area contributed by atoms with E-state index in [1.807, 2.05) is 0 Å². The standard InChI is InChI=1S/C20H16F2N2O4/c1-11(2)20(26)28-24-19-14(9-12-5-3-4-6-17(12)27-19)18(25)23-13-7-8-15(21)16(22)10-13/h3-11H,1-2H3,(H,23,25). The molecule has 8 heteroatoms. The topological polar surface area (TPSA) is 80.9 Å². The fraction of sp³-hybridized carbons (Fsp3) is 0.150. The first-order valence-corrected chi connectivity index (χ1v) is 8.39. The van der Waals surface area contributed by atoms with Gasteiger partial charge < -0.3 is 14.6 Å². The second-order valence-corrected chi connectivity index (χ2v) is 6.24. The van der Waals surface area contributed by atoms with E-state index in [1.165, 1.54) is 12.1 Å². The Labute approximate surface area is 158 Å². The molecule has 3 rings (SSSR count). The van der Waals surface area contributed by atoms with Crippen LogP contribution in [0.2, 0.25) is 0 Å². The van der Waals surface area contributed by atoms with E-state index in [0.717, 1.165) is 12.1 Å². The number of rotatable bonds is 4. The fourth-order valence-electron chi connectivity index (χ4n) is 2.26. The molecule has 0 aliphatic rings. The highest BCUT2D eigenvalue weighted by Crippen LogP contribution is 2.16. The summed E-state index contributed by atoms with van der Waals surface area (Å²) < 4.78 is 32.0. The molecule has 0 saturated heterocycles. The molecule has 1 heterocycles. The van der Waals surface area contributed by atoms with Crippen LogP contribution in [0.15, 0.2) is 58.1 Å². The number of benzene rings is 2. The second-order valence-electron chi connectivity index (χ2n) is 6.24. The maximum absolute atomic E-state index is 13.4. The first-order chi connectivity index (χ1) is 13.3.